The van der Waals surface area contributed by atoms with Crippen LogP contribution in [-0.4, -0.2) is 24.5 Å². The van der Waals surface area contributed by atoms with E-state index in [9.17, 15) is 9.59 Å². The Bertz CT molecular complexity index is 499. The summed E-state index contributed by atoms with van der Waals surface area (Å²) in [7, 11) is 0. The lowest BCUT2D eigenvalue weighted by molar-refractivity contribution is -0.124. The Balaban J connectivity index is 2.07. The quantitative estimate of drug-likeness (QED) is 0.895. The Kier molecular flexibility index (Phi) is 4.39. The molecule has 19 heavy (non-hydrogen) atoms. The number of carbonyl (C=O) groups is 2. The van der Waals surface area contributed by atoms with Crippen molar-refractivity contribution in [2.24, 2.45) is 0 Å². The first kappa shape index (κ1) is 13.8. The van der Waals surface area contributed by atoms with E-state index in [-0.39, 0.29) is 17.9 Å². The molecule has 2 N–H and O–H groups in total. The Hall–Kier alpha value is -1.59. The monoisotopic (exact) mass is 282 g/mol. The third-order valence-corrected chi connectivity index (χ3v) is 3.10. The fraction of sp³-hybridized carbons (Fsp3) is 0.385. The number of hydrogen-bond donors (Lipinski definition) is 2. The standard InChI is InChI=1S/C13H15ClN2O3/c1-8(17)15-11-7-9(4-5-10(11)14)16-13(18)12-3-2-6-19-12/h4-5,7,12H,2-3,6H2,1H3,(H,15,17)(H,16,18). The first-order valence-electron chi connectivity index (χ1n) is 6.06. The molecule has 1 aliphatic rings. The van der Waals surface area contributed by atoms with E-state index in [2.05, 4.69) is 10.6 Å². The Morgan fingerprint density at radius 3 is 2.79 bits per heavy atom. The van der Waals surface area contributed by atoms with E-state index < -0.39 is 0 Å². The average Bonchev–Trinajstić information content (AvgIpc) is 2.86. The molecule has 1 unspecified atom stereocenters. The van der Waals surface area contributed by atoms with Crippen LogP contribution in [0.5, 0.6) is 0 Å². The van der Waals surface area contributed by atoms with E-state index in [1.54, 1.807) is 18.2 Å². The predicted octanol–water partition coefficient (Wildman–Crippen LogP) is 2.42. The number of hydrogen-bond acceptors (Lipinski definition) is 3. The lowest BCUT2D eigenvalue weighted by atomic mass is 10.2. The molecule has 2 amide bonds. The molecule has 0 aliphatic carbocycles. The van der Waals surface area contributed by atoms with Gasteiger partial charge in [-0.05, 0) is 31.0 Å². The summed E-state index contributed by atoms with van der Waals surface area (Å²) in [6, 6.07) is 4.93. The zero-order valence-corrected chi connectivity index (χ0v) is 11.3. The summed E-state index contributed by atoms with van der Waals surface area (Å²) in [5.74, 6) is -0.391. The number of carbonyl (C=O) groups excluding carboxylic acids is 2. The maximum Gasteiger partial charge on any atom is 0.253 e. The summed E-state index contributed by atoms with van der Waals surface area (Å²) < 4.78 is 5.30. The molecule has 1 aliphatic heterocycles. The number of benzene rings is 1. The van der Waals surface area contributed by atoms with Gasteiger partial charge in [0.05, 0.1) is 10.7 Å². The number of amides is 2. The highest BCUT2D eigenvalue weighted by Crippen LogP contribution is 2.26. The van der Waals surface area contributed by atoms with Crippen molar-refractivity contribution in [3.8, 4) is 0 Å². The smallest absolute Gasteiger partial charge is 0.253 e. The van der Waals surface area contributed by atoms with Gasteiger partial charge in [0.2, 0.25) is 5.91 Å². The van der Waals surface area contributed by atoms with Crippen LogP contribution in [-0.2, 0) is 14.3 Å². The van der Waals surface area contributed by atoms with Crippen molar-refractivity contribution in [3.63, 3.8) is 0 Å². The molecule has 1 aromatic carbocycles. The minimum Gasteiger partial charge on any atom is -0.368 e. The van der Waals surface area contributed by atoms with Gasteiger partial charge in [-0.25, -0.2) is 0 Å². The number of ether oxygens (including phenoxy) is 1. The van der Waals surface area contributed by atoms with Crippen molar-refractivity contribution in [3.05, 3.63) is 23.2 Å². The maximum atomic E-state index is 11.9. The van der Waals surface area contributed by atoms with Crippen LogP contribution in [0, 0.1) is 0 Å². The topological polar surface area (TPSA) is 67.4 Å². The van der Waals surface area contributed by atoms with Crippen molar-refractivity contribution in [2.75, 3.05) is 17.2 Å². The summed E-state index contributed by atoms with van der Waals surface area (Å²) in [4.78, 5) is 22.9. The molecule has 5 nitrogen and oxygen atoms in total. The summed E-state index contributed by atoms with van der Waals surface area (Å²) in [6.45, 7) is 2.02. The van der Waals surface area contributed by atoms with Crippen LogP contribution < -0.4 is 10.6 Å². The molecule has 0 saturated carbocycles. The third-order valence-electron chi connectivity index (χ3n) is 2.77. The molecule has 1 heterocycles. The lowest BCUT2D eigenvalue weighted by Crippen LogP contribution is -2.26. The van der Waals surface area contributed by atoms with E-state index >= 15 is 0 Å². The SMILES string of the molecule is CC(=O)Nc1cc(NC(=O)C2CCCO2)ccc1Cl. The van der Waals surface area contributed by atoms with Gasteiger partial charge in [-0.3, -0.25) is 9.59 Å². The molecule has 1 fully saturated rings. The highest BCUT2D eigenvalue weighted by atomic mass is 35.5. The summed E-state index contributed by atoms with van der Waals surface area (Å²) >= 11 is 5.95. The first-order chi connectivity index (χ1) is 9.06. The fourth-order valence-corrected chi connectivity index (χ4v) is 2.06. The summed E-state index contributed by atoms with van der Waals surface area (Å²) in [6.07, 6.45) is 1.24. The van der Waals surface area contributed by atoms with Gasteiger partial charge in [0.15, 0.2) is 0 Å². The van der Waals surface area contributed by atoms with Gasteiger partial charge in [0.25, 0.3) is 5.91 Å². The van der Waals surface area contributed by atoms with E-state index in [1.165, 1.54) is 6.92 Å². The first-order valence-corrected chi connectivity index (χ1v) is 6.43. The molecular formula is C13H15ClN2O3. The van der Waals surface area contributed by atoms with Crippen molar-refractivity contribution < 1.29 is 14.3 Å². The highest BCUT2D eigenvalue weighted by molar-refractivity contribution is 6.33. The van der Waals surface area contributed by atoms with E-state index in [4.69, 9.17) is 16.3 Å². The van der Waals surface area contributed by atoms with E-state index in [0.29, 0.717) is 23.0 Å². The second kappa shape index (κ2) is 6.04. The van der Waals surface area contributed by atoms with Crippen LogP contribution in [0.15, 0.2) is 18.2 Å². The molecule has 6 heteroatoms. The van der Waals surface area contributed by atoms with Crippen molar-refractivity contribution in [2.45, 2.75) is 25.9 Å². The fourth-order valence-electron chi connectivity index (χ4n) is 1.90. The molecule has 1 atom stereocenters. The minimum atomic E-state index is -0.389. The van der Waals surface area contributed by atoms with Crippen LogP contribution in [0.2, 0.25) is 5.02 Å². The van der Waals surface area contributed by atoms with Crippen LogP contribution >= 0.6 is 11.6 Å². The second-order valence-corrected chi connectivity index (χ2v) is 4.77. The molecule has 1 aromatic rings. The molecule has 0 spiro atoms. The van der Waals surface area contributed by atoms with Crippen LogP contribution in [0.3, 0.4) is 0 Å². The summed E-state index contributed by atoms with van der Waals surface area (Å²) in [5, 5.41) is 5.78. The lowest BCUT2D eigenvalue weighted by Gasteiger charge is -2.12. The van der Waals surface area contributed by atoms with Gasteiger partial charge in [-0.15, -0.1) is 0 Å². The van der Waals surface area contributed by atoms with E-state index in [0.717, 1.165) is 12.8 Å². The maximum absolute atomic E-state index is 11.9. The zero-order chi connectivity index (χ0) is 13.8. The van der Waals surface area contributed by atoms with Gasteiger partial charge in [-0.2, -0.15) is 0 Å². The van der Waals surface area contributed by atoms with Gasteiger partial charge in [-0.1, -0.05) is 11.6 Å². The highest BCUT2D eigenvalue weighted by Gasteiger charge is 2.23. The number of rotatable bonds is 3. The van der Waals surface area contributed by atoms with E-state index in [1.807, 2.05) is 0 Å². The Morgan fingerprint density at radius 2 is 2.16 bits per heavy atom. The van der Waals surface area contributed by atoms with Gasteiger partial charge in [0, 0.05) is 19.2 Å². The summed E-state index contributed by atoms with van der Waals surface area (Å²) in [5.41, 5.74) is 1.05. The zero-order valence-electron chi connectivity index (χ0n) is 10.5. The molecule has 0 radical (unpaired) electrons. The normalized spacial score (nSPS) is 18.1. The molecule has 102 valence electrons. The van der Waals surface area contributed by atoms with Crippen molar-refractivity contribution >= 4 is 34.8 Å². The second-order valence-electron chi connectivity index (χ2n) is 4.37. The Morgan fingerprint density at radius 1 is 1.37 bits per heavy atom. The average molecular weight is 283 g/mol. The van der Waals surface area contributed by atoms with Gasteiger partial charge >= 0.3 is 0 Å². The largest absolute Gasteiger partial charge is 0.368 e. The van der Waals surface area contributed by atoms with Crippen LogP contribution in [0.1, 0.15) is 19.8 Å². The Labute approximate surface area is 116 Å². The number of halogens is 1. The molecular weight excluding hydrogens is 268 g/mol. The van der Waals surface area contributed by atoms with Crippen LogP contribution in [0.25, 0.3) is 0 Å². The number of nitrogens with one attached hydrogen (secondary N) is 2. The third kappa shape index (κ3) is 3.68. The molecule has 1 saturated heterocycles. The molecule has 0 bridgehead atoms. The van der Waals surface area contributed by atoms with Gasteiger partial charge < -0.3 is 15.4 Å². The molecule has 0 aromatic heterocycles. The number of anilines is 2. The minimum absolute atomic E-state index is 0.173. The molecule has 2 rings (SSSR count). The van der Waals surface area contributed by atoms with Gasteiger partial charge in [0.1, 0.15) is 6.10 Å². The van der Waals surface area contributed by atoms with Crippen LogP contribution in [0.4, 0.5) is 11.4 Å². The van der Waals surface area contributed by atoms with Crippen molar-refractivity contribution in [1.29, 1.82) is 0 Å². The predicted molar refractivity (Wildman–Crippen MR) is 73.4 cm³/mol. The van der Waals surface area contributed by atoms with Crippen molar-refractivity contribution in [1.82, 2.24) is 0 Å².